The average Bonchev–Trinajstić information content (AvgIpc) is 2.37. The van der Waals surface area contributed by atoms with Gasteiger partial charge in [-0.1, -0.05) is 20.8 Å². The number of aliphatic hydroxyl groups is 1. The second kappa shape index (κ2) is 8.10. The zero-order valence-corrected chi connectivity index (χ0v) is 12.3. The van der Waals surface area contributed by atoms with Crippen LogP contribution in [0.3, 0.4) is 0 Å². The Hall–Kier alpha value is -0.160. The van der Waals surface area contributed by atoms with Gasteiger partial charge in [0.15, 0.2) is 0 Å². The number of hydrogen-bond acceptors (Lipinski definition) is 4. The first-order valence-electron chi connectivity index (χ1n) is 7.43. The Labute approximate surface area is 112 Å². The molecule has 0 aromatic carbocycles. The van der Waals surface area contributed by atoms with Gasteiger partial charge in [0.05, 0.1) is 6.10 Å². The molecule has 1 fully saturated rings. The second-order valence-corrected chi connectivity index (χ2v) is 5.79. The molecule has 1 saturated heterocycles. The fourth-order valence-electron chi connectivity index (χ4n) is 2.62. The molecule has 108 valence electrons. The second-order valence-electron chi connectivity index (χ2n) is 5.79. The molecule has 3 N–H and O–H groups in total. The Balaban J connectivity index is 2.31. The topological polar surface area (TPSA) is 52.7 Å². The van der Waals surface area contributed by atoms with Crippen molar-refractivity contribution in [2.75, 3.05) is 39.3 Å². The lowest BCUT2D eigenvalue weighted by molar-refractivity contribution is 0.0372. The largest absolute Gasteiger partial charge is 0.392 e. The van der Waals surface area contributed by atoms with Crippen LogP contribution in [0.4, 0.5) is 0 Å². The Morgan fingerprint density at radius 3 is 2.22 bits per heavy atom. The third kappa shape index (κ3) is 4.84. The fourth-order valence-corrected chi connectivity index (χ4v) is 2.62. The van der Waals surface area contributed by atoms with E-state index in [9.17, 15) is 5.11 Å². The van der Waals surface area contributed by atoms with Gasteiger partial charge < -0.3 is 10.8 Å². The van der Waals surface area contributed by atoms with Crippen LogP contribution >= 0.6 is 0 Å². The number of piperazine rings is 1. The molecule has 0 radical (unpaired) electrons. The number of nitrogens with two attached hydrogens (primary N) is 1. The van der Waals surface area contributed by atoms with E-state index in [-0.39, 0.29) is 6.10 Å². The van der Waals surface area contributed by atoms with E-state index in [4.69, 9.17) is 5.73 Å². The van der Waals surface area contributed by atoms with Gasteiger partial charge in [0.25, 0.3) is 0 Å². The van der Waals surface area contributed by atoms with E-state index in [1.165, 1.54) is 6.42 Å². The van der Waals surface area contributed by atoms with Crippen LogP contribution in [-0.4, -0.2) is 66.3 Å². The van der Waals surface area contributed by atoms with E-state index in [0.717, 1.165) is 45.7 Å². The zero-order chi connectivity index (χ0) is 13.5. The molecule has 18 heavy (non-hydrogen) atoms. The van der Waals surface area contributed by atoms with Crippen molar-refractivity contribution in [3.8, 4) is 0 Å². The molecular formula is C14H31N3O. The minimum absolute atomic E-state index is 0.192. The van der Waals surface area contributed by atoms with E-state index in [2.05, 4.69) is 30.6 Å². The quantitative estimate of drug-likeness (QED) is 0.707. The molecule has 1 aliphatic heterocycles. The van der Waals surface area contributed by atoms with E-state index < -0.39 is 0 Å². The first-order valence-corrected chi connectivity index (χ1v) is 7.43. The highest BCUT2D eigenvalue weighted by Gasteiger charge is 2.23. The molecule has 2 unspecified atom stereocenters. The van der Waals surface area contributed by atoms with Crippen molar-refractivity contribution in [2.45, 2.75) is 45.8 Å². The minimum atomic E-state index is -0.192. The third-order valence-electron chi connectivity index (χ3n) is 4.11. The summed E-state index contributed by atoms with van der Waals surface area (Å²) in [5.41, 5.74) is 5.67. The van der Waals surface area contributed by atoms with Gasteiger partial charge in [-0.15, -0.1) is 0 Å². The molecule has 1 aliphatic rings. The molecule has 0 saturated carbocycles. The minimum Gasteiger partial charge on any atom is -0.392 e. The number of β-amino-alcohol motifs (C(OH)–C–C–N with tert-alkyl or cyclic N) is 1. The van der Waals surface area contributed by atoms with Crippen LogP contribution < -0.4 is 5.73 Å². The molecule has 0 aromatic heterocycles. The summed E-state index contributed by atoms with van der Waals surface area (Å²) < 4.78 is 0. The summed E-state index contributed by atoms with van der Waals surface area (Å²) >= 11 is 0. The highest BCUT2D eigenvalue weighted by molar-refractivity contribution is 4.79. The van der Waals surface area contributed by atoms with E-state index in [1.807, 2.05) is 0 Å². The van der Waals surface area contributed by atoms with Crippen LogP contribution in [0.2, 0.25) is 0 Å². The van der Waals surface area contributed by atoms with Gasteiger partial charge >= 0.3 is 0 Å². The fraction of sp³-hybridized carbons (Fsp3) is 1.00. The summed E-state index contributed by atoms with van der Waals surface area (Å²) in [5.74, 6) is 0.351. The lowest BCUT2D eigenvalue weighted by atomic mass is 10.1. The van der Waals surface area contributed by atoms with Gasteiger partial charge in [0, 0.05) is 38.8 Å². The summed E-state index contributed by atoms with van der Waals surface area (Å²) in [5, 5.41) is 9.91. The molecule has 4 heteroatoms. The monoisotopic (exact) mass is 257 g/mol. The predicted octanol–water partition coefficient (Wildman–Crippen LogP) is 0.748. The van der Waals surface area contributed by atoms with Crippen molar-refractivity contribution < 1.29 is 5.11 Å². The Bertz CT molecular complexity index is 215. The smallest absolute Gasteiger partial charge is 0.0689 e. The lowest BCUT2D eigenvalue weighted by Gasteiger charge is -2.40. The van der Waals surface area contributed by atoms with Gasteiger partial charge in [-0.2, -0.15) is 0 Å². The normalized spacial score (nSPS) is 22.3. The Morgan fingerprint density at radius 1 is 1.17 bits per heavy atom. The molecule has 2 atom stereocenters. The van der Waals surface area contributed by atoms with Crippen LogP contribution in [-0.2, 0) is 0 Å². The van der Waals surface area contributed by atoms with Gasteiger partial charge in [-0.25, -0.2) is 0 Å². The molecule has 0 aliphatic carbocycles. The first-order chi connectivity index (χ1) is 8.58. The SMILES string of the molecule is CCC(CCN)N1CCN(CC(O)C(C)C)CC1. The summed E-state index contributed by atoms with van der Waals surface area (Å²) in [6.07, 6.45) is 2.10. The van der Waals surface area contributed by atoms with Gasteiger partial charge in [0.2, 0.25) is 0 Å². The van der Waals surface area contributed by atoms with Gasteiger partial charge in [-0.3, -0.25) is 9.80 Å². The van der Waals surface area contributed by atoms with Crippen LogP contribution in [0.5, 0.6) is 0 Å². The zero-order valence-electron chi connectivity index (χ0n) is 12.3. The molecule has 1 rings (SSSR count). The summed E-state index contributed by atoms with van der Waals surface area (Å²) in [7, 11) is 0. The van der Waals surface area contributed by atoms with Gasteiger partial charge in [0.1, 0.15) is 0 Å². The molecule has 0 spiro atoms. The molecule has 4 nitrogen and oxygen atoms in total. The number of aliphatic hydroxyl groups excluding tert-OH is 1. The molecule has 0 aromatic rings. The highest BCUT2D eigenvalue weighted by atomic mass is 16.3. The summed E-state index contributed by atoms with van der Waals surface area (Å²) in [4.78, 5) is 4.95. The third-order valence-corrected chi connectivity index (χ3v) is 4.11. The van der Waals surface area contributed by atoms with Crippen molar-refractivity contribution in [3.63, 3.8) is 0 Å². The summed E-state index contributed by atoms with van der Waals surface area (Å²) in [6, 6.07) is 0.646. The predicted molar refractivity (Wildman–Crippen MR) is 76.6 cm³/mol. The first kappa shape index (κ1) is 15.9. The number of nitrogens with zero attached hydrogens (tertiary/aromatic N) is 2. The maximum Gasteiger partial charge on any atom is 0.0689 e. The molecule has 0 amide bonds. The molecular weight excluding hydrogens is 226 g/mol. The molecule has 0 bridgehead atoms. The van der Waals surface area contributed by atoms with Crippen molar-refractivity contribution in [2.24, 2.45) is 11.7 Å². The van der Waals surface area contributed by atoms with Crippen molar-refractivity contribution in [3.05, 3.63) is 0 Å². The van der Waals surface area contributed by atoms with E-state index in [0.29, 0.717) is 12.0 Å². The van der Waals surface area contributed by atoms with Crippen LogP contribution in [0.15, 0.2) is 0 Å². The molecule has 1 heterocycles. The lowest BCUT2D eigenvalue weighted by Crippen LogP contribution is -2.52. The maximum absolute atomic E-state index is 9.91. The van der Waals surface area contributed by atoms with E-state index >= 15 is 0 Å². The Morgan fingerprint density at radius 2 is 1.78 bits per heavy atom. The van der Waals surface area contributed by atoms with Crippen molar-refractivity contribution in [1.29, 1.82) is 0 Å². The van der Waals surface area contributed by atoms with Crippen molar-refractivity contribution in [1.82, 2.24) is 9.80 Å². The van der Waals surface area contributed by atoms with Crippen LogP contribution in [0.25, 0.3) is 0 Å². The van der Waals surface area contributed by atoms with Crippen LogP contribution in [0, 0.1) is 5.92 Å². The van der Waals surface area contributed by atoms with Crippen molar-refractivity contribution >= 4 is 0 Å². The summed E-state index contributed by atoms with van der Waals surface area (Å²) in [6.45, 7) is 12.4. The standard InChI is InChI=1S/C14H31N3O/c1-4-13(5-6-15)17-9-7-16(8-10-17)11-14(18)12(2)3/h12-14,18H,4-11,15H2,1-3H3. The Kier molecular flexibility index (Phi) is 7.15. The average molecular weight is 257 g/mol. The van der Waals surface area contributed by atoms with Crippen LogP contribution in [0.1, 0.15) is 33.6 Å². The number of rotatable bonds is 7. The number of hydrogen-bond donors (Lipinski definition) is 2. The highest BCUT2D eigenvalue weighted by Crippen LogP contribution is 2.13. The van der Waals surface area contributed by atoms with E-state index in [1.54, 1.807) is 0 Å². The van der Waals surface area contributed by atoms with Gasteiger partial charge in [-0.05, 0) is 25.3 Å². The maximum atomic E-state index is 9.91.